The number of methoxy groups -OCH3 is 1. The number of hydrogen-bond donors (Lipinski definition) is 0. The minimum absolute atomic E-state index is 0.00752. The lowest BCUT2D eigenvalue weighted by Crippen LogP contribution is -2.28. The van der Waals surface area contributed by atoms with Crippen molar-refractivity contribution in [2.45, 2.75) is 13.3 Å². The van der Waals surface area contributed by atoms with Crippen molar-refractivity contribution in [2.24, 2.45) is 11.8 Å². The molecular formula is C10H16N2O2. The molecule has 1 saturated heterocycles. The molecule has 1 amide bonds. The Bertz CT molecular complexity index is 247. The van der Waals surface area contributed by atoms with Crippen molar-refractivity contribution in [2.75, 3.05) is 26.8 Å². The molecule has 78 valence electrons. The zero-order valence-corrected chi connectivity index (χ0v) is 8.69. The van der Waals surface area contributed by atoms with Crippen molar-refractivity contribution < 1.29 is 9.53 Å². The Morgan fingerprint density at radius 3 is 2.93 bits per heavy atom. The van der Waals surface area contributed by atoms with Crippen molar-refractivity contribution in [3.8, 4) is 6.07 Å². The lowest BCUT2D eigenvalue weighted by atomic mass is 10.00. The van der Waals surface area contributed by atoms with Gasteiger partial charge in [0, 0.05) is 26.1 Å². The Hall–Kier alpha value is -1.08. The predicted octanol–water partition coefficient (Wildman–Crippen LogP) is 0.641. The number of likely N-dealkylation sites (tertiary alicyclic amines) is 1. The summed E-state index contributed by atoms with van der Waals surface area (Å²) < 4.78 is 5.08. The van der Waals surface area contributed by atoms with E-state index in [9.17, 15) is 4.79 Å². The molecule has 4 heteroatoms. The van der Waals surface area contributed by atoms with Gasteiger partial charge in [-0.05, 0) is 5.92 Å². The van der Waals surface area contributed by atoms with E-state index in [0.717, 1.165) is 13.1 Å². The van der Waals surface area contributed by atoms with Crippen LogP contribution in [0.15, 0.2) is 0 Å². The number of nitriles is 1. The van der Waals surface area contributed by atoms with E-state index in [1.807, 2.05) is 6.07 Å². The molecule has 1 rings (SSSR count). The highest BCUT2D eigenvalue weighted by molar-refractivity contribution is 5.78. The van der Waals surface area contributed by atoms with Crippen LogP contribution in [0, 0.1) is 23.2 Å². The van der Waals surface area contributed by atoms with Crippen LogP contribution in [-0.2, 0) is 9.53 Å². The van der Waals surface area contributed by atoms with Gasteiger partial charge < -0.3 is 9.64 Å². The third-order valence-electron chi connectivity index (χ3n) is 2.73. The standard InChI is InChI=1S/C10H16N2O2/c1-8-5-12(10(13)3-4-11)6-9(8)7-14-2/h8-9H,3,5-7H2,1-2H3. The van der Waals surface area contributed by atoms with Gasteiger partial charge in [0.15, 0.2) is 0 Å². The van der Waals surface area contributed by atoms with Crippen LogP contribution in [0.3, 0.4) is 0 Å². The summed E-state index contributed by atoms with van der Waals surface area (Å²) in [5.74, 6) is 0.832. The average Bonchev–Trinajstić information content (AvgIpc) is 2.49. The summed E-state index contributed by atoms with van der Waals surface area (Å²) >= 11 is 0. The Labute approximate surface area is 84.4 Å². The highest BCUT2D eigenvalue weighted by atomic mass is 16.5. The quantitative estimate of drug-likeness (QED) is 0.665. The van der Waals surface area contributed by atoms with Gasteiger partial charge in [0.2, 0.25) is 5.91 Å². The van der Waals surface area contributed by atoms with Gasteiger partial charge in [-0.25, -0.2) is 0 Å². The Morgan fingerprint density at radius 1 is 1.64 bits per heavy atom. The number of rotatable bonds is 3. The molecule has 0 aromatic heterocycles. The van der Waals surface area contributed by atoms with E-state index in [4.69, 9.17) is 10.00 Å². The molecule has 0 aromatic rings. The second-order valence-corrected chi connectivity index (χ2v) is 3.83. The Morgan fingerprint density at radius 2 is 2.36 bits per heavy atom. The van der Waals surface area contributed by atoms with Crippen LogP contribution >= 0.6 is 0 Å². The van der Waals surface area contributed by atoms with Gasteiger partial charge in [-0.15, -0.1) is 0 Å². The summed E-state index contributed by atoms with van der Waals surface area (Å²) in [6.07, 6.45) is -0.00752. The summed E-state index contributed by atoms with van der Waals surface area (Å²) in [6, 6.07) is 1.88. The van der Waals surface area contributed by atoms with Crippen LogP contribution in [0.1, 0.15) is 13.3 Å². The molecule has 1 heterocycles. The van der Waals surface area contributed by atoms with E-state index >= 15 is 0 Å². The van der Waals surface area contributed by atoms with Crippen LogP contribution in [0.2, 0.25) is 0 Å². The fourth-order valence-corrected chi connectivity index (χ4v) is 1.85. The maximum absolute atomic E-state index is 11.4. The minimum atomic E-state index is -0.0575. The first-order valence-corrected chi connectivity index (χ1v) is 4.82. The highest BCUT2D eigenvalue weighted by Gasteiger charge is 2.31. The van der Waals surface area contributed by atoms with Crippen molar-refractivity contribution in [3.05, 3.63) is 0 Å². The number of amides is 1. The van der Waals surface area contributed by atoms with Gasteiger partial charge in [-0.2, -0.15) is 5.26 Å². The highest BCUT2D eigenvalue weighted by Crippen LogP contribution is 2.23. The monoisotopic (exact) mass is 196 g/mol. The molecule has 0 aromatic carbocycles. The van der Waals surface area contributed by atoms with Gasteiger partial charge in [0.05, 0.1) is 12.7 Å². The fraction of sp³-hybridized carbons (Fsp3) is 0.800. The molecule has 1 aliphatic heterocycles. The van der Waals surface area contributed by atoms with Crippen LogP contribution in [0.25, 0.3) is 0 Å². The molecular weight excluding hydrogens is 180 g/mol. The van der Waals surface area contributed by atoms with Crippen molar-refractivity contribution in [1.29, 1.82) is 5.26 Å². The molecule has 0 saturated carbocycles. The number of nitrogens with zero attached hydrogens (tertiary/aromatic N) is 2. The molecule has 0 radical (unpaired) electrons. The summed E-state index contributed by atoms with van der Waals surface area (Å²) in [4.78, 5) is 13.2. The largest absolute Gasteiger partial charge is 0.384 e. The lowest BCUT2D eigenvalue weighted by molar-refractivity contribution is -0.129. The normalized spacial score (nSPS) is 26.2. The lowest BCUT2D eigenvalue weighted by Gasteiger charge is -2.14. The van der Waals surface area contributed by atoms with Crippen LogP contribution < -0.4 is 0 Å². The molecule has 14 heavy (non-hydrogen) atoms. The number of hydrogen-bond acceptors (Lipinski definition) is 3. The summed E-state index contributed by atoms with van der Waals surface area (Å²) in [5.41, 5.74) is 0. The molecule has 2 atom stereocenters. The molecule has 2 unspecified atom stereocenters. The molecule has 1 aliphatic rings. The van der Waals surface area contributed by atoms with E-state index < -0.39 is 0 Å². The van der Waals surface area contributed by atoms with Crippen LogP contribution in [-0.4, -0.2) is 37.6 Å². The summed E-state index contributed by atoms with van der Waals surface area (Å²) in [7, 11) is 1.67. The summed E-state index contributed by atoms with van der Waals surface area (Å²) in [5, 5.41) is 8.41. The maximum atomic E-state index is 11.4. The first kappa shape index (κ1) is 11.0. The summed E-state index contributed by atoms with van der Waals surface area (Å²) in [6.45, 7) is 4.30. The third kappa shape index (κ3) is 2.46. The van der Waals surface area contributed by atoms with E-state index in [-0.39, 0.29) is 12.3 Å². The van der Waals surface area contributed by atoms with Gasteiger partial charge in [0.25, 0.3) is 0 Å². The van der Waals surface area contributed by atoms with Crippen molar-refractivity contribution in [1.82, 2.24) is 4.90 Å². The number of carbonyl (C=O) groups is 1. The van der Waals surface area contributed by atoms with Crippen LogP contribution in [0.4, 0.5) is 0 Å². The number of ether oxygens (including phenoxy) is 1. The zero-order chi connectivity index (χ0) is 10.6. The second kappa shape index (κ2) is 4.97. The zero-order valence-electron chi connectivity index (χ0n) is 8.69. The van der Waals surface area contributed by atoms with Crippen molar-refractivity contribution in [3.63, 3.8) is 0 Å². The third-order valence-corrected chi connectivity index (χ3v) is 2.73. The van der Waals surface area contributed by atoms with Gasteiger partial charge >= 0.3 is 0 Å². The first-order valence-electron chi connectivity index (χ1n) is 4.82. The molecule has 4 nitrogen and oxygen atoms in total. The Balaban J connectivity index is 2.46. The van der Waals surface area contributed by atoms with Gasteiger partial charge in [0.1, 0.15) is 6.42 Å². The van der Waals surface area contributed by atoms with E-state index in [2.05, 4.69) is 6.92 Å². The Kier molecular flexibility index (Phi) is 3.90. The SMILES string of the molecule is COCC1CN(C(=O)CC#N)CC1C. The fourth-order valence-electron chi connectivity index (χ4n) is 1.85. The number of carbonyl (C=O) groups excluding carboxylic acids is 1. The van der Waals surface area contributed by atoms with E-state index in [1.54, 1.807) is 12.0 Å². The van der Waals surface area contributed by atoms with Gasteiger partial charge in [-0.1, -0.05) is 6.92 Å². The molecule has 0 spiro atoms. The van der Waals surface area contributed by atoms with E-state index in [0.29, 0.717) is 18.4 Å². The maximum Gasteiger partial charge on any atom is 0.236 e. The minimum Gasteiger partial charge on any atom is -0.384 e. The van der Waals surface area contributed by atoms with Gasteiger partial charge in [-0.3, -0.25) is 4.79 Å². The average molecular weight is 196 g/mol. The van der Waals surface area contributed by atoms with Crippen molar-refractivity contribution >= 4 is 5.91 Å². The topological polar surface area (TPSA) is 53.3 Å². The predicted molar refractivity (Wildman–Crippen MR) is 51.3 cm³/mol. The second-order valence-electron chi connectivity index (χ2n) is 3.83. The molecule has 0 aliphatic carbocycles. The first-order chi connectivity index (χ1) is 6.69. The smallest absolute Gasteiger partial charge is 0.236 e. The molecule has 0 N–H and O–H groups in total. The van der Waals surface area contributed by atoms with Crippen LogP contribution in [0.5, 0.6) is 0 Å². The molecule has 1 fully saturated rings. The molecule has 0 bridgehead atoms. The van der Waals surface area contributed by atoms with E-state index in [1.165, 1.54) is 0 Å².